The monoisotopic (exact) mass is 489 g/mol. The first-order chi connectivity index (χ1) is 16.5. The third kappa shape index (κ3) is 6.07. The van der Waals surface area contributed by atoms with Crippen molar-refractivity contribution in [1.82, 2.24) is 14.9 Å². The molecule has 0 fully saturated rings. The van der Waals surface area contributed by atoms with Crippen molar-refractivity contribution in [3.63, 3.8) is 0 Å². The second-order valence-electron chi connectivity index (χ2n) is 8.01. The van der Waals surface area contributed by atoms with Crippen LogP contribution in [0.5, 0.6) is 5.75 Å². The minimum atomic E-state index is -4.51. The lowest BCUT2D eigenvalue weighted by Gasteiger charge is -2.19. The lowest BCUT2D eigenvalue weighted by molar-refractivity contribution is -0.137. The van der Waals surface area contributed by atoms with Gasteiger partial charge in [0.15, 0.2) is 0 Å². The number of carbonyl (C=O) groups excluding carboxylic acids is 1. The molecule has 186 valence electrons. The number of ether oxygens (including phenoxy) is 1. The van der Waals surface area contributed by atoms with Crippen molar-refractivity contribution in [2.24, 2.45) is 0 Å². The van der Waals surface area contributed by atoms with Gasteiger partial charge in [0.1, 0.15) is 18.1 Å². The van der Waals surface area contributed by atoms with E-state index in [-0.39, 0.29) is 30.0 Å². The van der Waals surface area contributed by atoms with Crippen molar-refractivity contribution in [1.29, 1.82) is 0 Å². The maximum Gasteiger partial charge on any atom is 0.416 e. The molecule has 1 amide bonds. The minimum absolute atomic E-state index is 0.0345. The Balaban J connectivity index is 1.96. The highest BCUT2D eigenvalue weighted by Gasteiger charge is 2.30. The van der Waals surface area contributed by atoms with E-state index in [1.807, 2.05) is 6.07 Å². The third-order valence-electron chi connectivity index (χ3n) is 5.57. The number of nitrogens with one attached hydrogen (secondary N) is 1. The van der Waals surface area contributed by atoms with Crippen molar-refractivity contribution >= 4 is 5.91 Å². The molecule has 1 atom stereocenters. The highest BCUT2D eigenvalue weighted by Crippen LogP contribution is 2.30. The van der Waals surface area contributed by atoms with Crippen molar-refractivity contribution in [3.8, 4) is 17.1 Å². The molecule has 0 aliphatic carbocycles. The van der Waals surface area contributed by atoms with E-state index in [4.69, 9.17) is 4.74 Å². The first-order valence-corrected chi connectivity index (χ1v) is 10.9. The van der Waals surface area contributed by atoms with Crippen LogP contribution in [0.4, 0.5) is 13.2 Å². The fourth-order valence-electron chi connectivity index (χ4n) is 3.70. The first kappa shape index (κ1) is 26.0. The molecule has 35 heavy (non-hydrogen) atoms. The molecule has 0 bridgehead atoms. The lowest BCUT2D eigenvalue weighted by atomic mass is 10.1. The molecule has 1 unspecified atom stereocenters. The van der Waals surface area contributed by atoms with Crippen LogP contribution in [0.1, 0.15) is 35.3 Å². The predicted octanol–water partition coefficient (Wildman–Crippen LogP) is 3.66. The number of hydrogen-bond acceptors (Lipinski definition) is 5. The smallest absolute Gasteiger partial charge is 0.416 e. The van der Waals surface area contributed by atoms with Gasteiger partial charge in [-0.3, -0.25) is 14.2 Å². The van der Waals surface area contributed by atoms with E-state index >= 15 is 0 Å². The summed E-state index contributed by atoms with van der Waals surface area (Å²) in [6, 6.07) is 11.0. The molecule has 0 saturated heterocycles. The molecule has 1 aromatic heterocycles. The maximum absolute atomic E-state index is 13.2. The van der Waals surface area contributed by atoms with Crippen LogP contribution in [0, 0.1) is 6.92 Å². The Hall–Kier alpha value is -3.66. The summed E-state index contributed by atoms with van der Waals surface area (Å²) in [5, 5.41) is 12.2. The van der Waals surface area contributed by atoms with Crippen LogP contribution in [0.15, 0.2) is 53.3 Å². The van der Waals surface area contributed by atoms with Gasteiger partial charge < -0.3 is 15.2 Å². The molecule has 3 aromatic rings. The number of aliphatic hydroxyl groups is 1. The standard InChI is InChI=1S/C25H26F3N3O4/c1-15(18-5-4-6-20(13-18)35-3)29-22(33)14-31-23(30-16(2)21(11-12-32)24(31)34)17-7-9-19(10-8-17)25(26,27)28/h4-10,13,15,32H,11-12,14H2,1-3H3,(H,29,33). The molecule has 0 spiro atoms. The van der Waals surface area contributed by atoms with Crippen LogP contribution in [0.3, 0.4) is 0 Å². The number of carbonyl (C=O) groups is 1. The van der Waals surface area contributed by atoms with Gasteiger partial charge in [0.2, 0.25) is 5.91 Å². The number of alkyl halides is 3. The molecule has 0 aliphatic rings. The largest absolute Gasteiger partial charge is 0.497 e. The zero-order chi connectivity index (χ0) is 25.8. The minimum Gasteiger partial charge on any atom is -0.497 e. The van der Waals surface area contributed by atoms with Gasteiger partial charge >= 0.3 is 6.18 Å². The van der Waals surface area contributed by atoms with Gasteiger partial charge in [-0.05, 0) is 43.7 Å². The van der Waals surface area contributed by atoms with E-state index < -0.39 is 35.8 Å². The highest BCUT2D eigenvalue weighted by molar-refractivity contribution is 5.77. The van der Waals surface area contributed by atoms with Gasteiger partial charge in [0.25, 0.3) is 5.56 Å². The number of hydrogen-bond donors (Lipinski definition) is 2. The number of aryl methyl sites for hydroxylation is 1. The van der Waals surface area contributed by atoms with Gasteiger partial charge in [0.05, 0.1) is 18.7 Å². The van der Waals surface area contributed by atoms with E-state index in [9.17, 15) is 27.9 Å². The highest BCUT2D eigenvalue weighted by atomic mass is 19.4. The fourth-order valence-corrected chi connectivity index (χ4v) is 3.70. The second-order valence-corrected chi connectivity index (χ2v) is 8.01. The number of halogens is 3. The van der Waals surface area contributed by atoms with Gasteiger partial charge in [-0.15, -0.1) is 0 Å². The summed E-state index contributed by atoms with van der Waals surface area (Å²) in [4.78, 5) is 30.5. The van der Waals surface area contributed by atoms with E-state index in [1.54, 1.807) is 32.0 Å². The summed E-state index contributed by atoms with van der Waals surface area (Å²) in [5.74, 6) is 0.198. The van der Waals surface area contributed by atoms with Crippen LogP contribution in [-0.2, 0) is 23.9 Å². The molecule has 7 nitrogen and oxygen atoms in total. The number of aromatic nitrogens is 2. The summed E-state index contributed by atoms with van der Waals surface area (Å²) in [6.07, 6.45) is -4.48. The van der Waals surface area contributed by atoms with Crippen molar-refractivity contribution in [2.75, 3.05) is 13.7 Å². The maximum atomic E-state index is 13.2. The van der Waals surface area contributed by atoms with E-state index in [0.717, 1.165) is 22.3 Å². The number of aliphatic hydroxyl groups excluding tert-OH is 1. The molecule has 2 aromatic carbocycles. The Bertz CT molecular complexity index is 1250. The topological polar surface area (TPSA) is 93.4 Å². The van der Waals surface area contributed by atoms with E-state index in [2.05, 4.69) is 10.3 Å². The number of benzene rings is 2. The zero-order valence-corrected chi connectivity index (χ0v) is 19.5. The Labute approximate surface area is 200 Å². The van der Waals surface area contributed by atoms with Crippen LogP contribution in [0.25, 0.3) is 11.4 Å². The molecule has 0 aliphatic heterocycles. The van der Waals surface area contributed by atoms with Crippen molar-refractivity contribution in [3.05, 3.63) is 81.3 Å². The summed E-state index contributed by atoms with van der Waals surface area (Å²) in [6.45, 7) is 2.65. The normalized spacial score (nSPS) is 12.3. The molecular formula is C25H26F3N3O4. The van der Waals surface area contributed by atoms with Gasteiger partial charge in [-0.1, -0.05) is 24.3 Å². The van der Waals surface area contributed by atoms with E-state index in [1.165, 1.54) is 19.2 Å². The van der Waals surface area contributed by atoms with E-state index in [0.29, 0.717) is 11.4 Å². The Kier molecular flexibility index (Phi) is 7.96. The van der Waals surface area contributed by atoms with Crippen LogP contribution in [0.2, 0.25) is 0 Å². The lowest BCUT2D eigenvalue weighted by Crippen LogP contribution is -2.36. The predicted molar refractivity (Wildman–Crippen MR) is 124 cm³/mol. The van der Waals surface area contributed by atoms with Crippen LogP contribution < -0.4 is 15.6 Å². The summed E-state index contributed by atoms with van der Waals surface area (Å²) < 4.78 is 45.3. The Morgan fingerprint density at radius 2 is 1.89 bits per heavy atom. The Morgan fingerprint density at radius 1 is 1.20 bits per heavy atom. The van der Waals surface area contributed by atoms with Gasteiger partial charge in [0, 0.05) is 29.8 Å². The third-order valence-corrected chi connectivity index (χ3v) is 5.57. The number of nitrogens with zero attached hydrogens (tertiary/aromatic N) is 2. The average molecular weight is 489 g/mol. The molecule has 0 radical (unpaired) electrons. The van der Waals surface area contributed by atoms with Crippen molar-refractivity contribution in [2.45, 2.75) is 39.0 Å². The number of rotatable bonds is 8. The Morgan fingerprint density at radius 3 is 2.49 bits per heavy atom. The van der Waals surface area contributed by atoms with Crippen LogP contribution >= 0.6 is 0 Å². The summed E-state index contributed by atoms with van der Waals surface area (Å²) in [7, 11) is 1.53. The summed E-state index contributed by atoms with van der Waals surface area (Å²) in [5.41, 5.74) is 0.231. The first-order valence-electron chi connectivity index (χ1n) is 10.9. The van der Waals surface area contributed by atoms with Gasteiger partial charge in [-0.2, -0.15) is 13.2 Å². The molecule has 2 N–H and O–H groups in total. The second kappa shape index (κ2) is 10.7. The summed E-state index contributed by atoms with van der Waals surface area (Å²) >= 11 is 0. The number of amides is 1. The van der Waals surface area contributed by atoms with Crippen LogP contribution in [-0.4, -0.2) is 34.3 Å². The molecule has 10 heteroatoms. The SMILES string of the molecule is COc1cccc(C(C)NC(=O)Cn2c(-c3ccc(C(F)(F)F)cc3)nc(C)c(CCO)c2=O)c1. The zero-order valence-electron chi connectivity index (χ0n) is 19.5. The quantitative estimate of drug-likeness (QED) is 0.504. The number of methoxy groups -OCH3 is 1. The molecule has 1 heterocycles. The molecular weight excluding hydrogens is 463 g/mol. The molecule has 0 saturated carbocycles. The molecule has 3 rings (SSSR count). The average Bonchev–Trinajstić information content (AvgIpc) is 2.83. The van der Waals surface area contributed by atoms with Crippen molar-refractivity contribution < 1.29 is 27.8 Å². The fraction of sp³-hybridized carbons (Fsp3) is 0.320. The van der Waals surface area contributed by atoms with Gasteiger partial charge in [-0.25, -0.2) is 4.98 Å².